The summed E-state index contributed by atoms with van der Waals surface area (Å²) >= 11 is 33.0. The summed E-state index contributed by atoms with van der Waals surface area (Å²) in [4.78, 5) is 144. The van der Waals surface area contributed by atoms with Crippen molar-refractivity contribution >= 4 is 243 Å². The molecule has 0 spiro atoms. The molecule has 44 heteroatoms. The number of esters is 2. The third-order valence-corrected chi connectivity index (χ3v) is 36.9. The van der Waals surface area contributed by atoms with Gasteiger partial charge in [0.25, 0.3) is 0 Å². The van der Waals surface area contributed by atoms with Crippen LogP contribution < -0.4 is 50.7 Å². The van der Waals surface area contributed by atoms with Crippen LogP contribution in [0.4, 0.5) is 17.1 Å². The fraction of sp³-hybridized carbons (Fsp3) is 0.337. The van der Waals surface area contributed by atoms with Gasteiger partial charge in [0.05, 0.1) is 73.8 Å². The summed E-state index contributed by atoms with van der Waals surface area (Å²) in [5.41, 5.74) is 28.7. The Bertz CT molecular complexity index is 6420. The molecular weight excluding hydrogens is 2450 g/mol. The first kappa shape index (κ1) is 131. The number of aliphatic hydroxyl groups excluding tert-OH is 2. The smallest absolute Gasteiger partial charge is 0 e. The zero-order valence-electron chi connectivity index (χ0n) is 82.6. The molecule has 32 nitrogen and oxygen atoms in total. The number of hydrogen-bond acceptors (Lipinski definition) is 28. The number of anilines is 3. The van der Waals surface area contributed by atoms with Crippen LogP contribution in [0, 0.1) is 36.5 Å². The maximum absolute atomic E-state index is 11.5. The van der Waals surface area contributed by atoms with E-state index in [0.717, 1.165) is 35.3 Å². The van der Waals surface area contributed by atoms with Gasteiger partial charge >= 0.3 is 156 Å². The Kier molecular flexibility index (Phi) is 66.1. The number of pyridine rings is 13. The van der Waals surface area contributed by atoms with Gasteiger partial charge in [0.2, 0.25) is 27.8 Å². The molecule has 0 unspecified atom stereocenters. The van der Waals surface area contributed by atoms with Gasteiger partial charge in [-0.25, -0.2) is 29.5 Å². The topological polar surface area (TPSA) is 520 Å². The monoisotopic (exact) mass is 2570 g/mol. The van der Waals surface area contributed by atoms with Gasteiger partial charge in [0.1, 0.15) is 38.1 Å². The number of unbranched alkanes of at least 4 members (excludes halogenated alkanes) is 3. The summed E-state index contributed by atoms with van der Waals surface area (Å²) in [5, 5.41) is 25.8. The number of rotatable bonds is 25. The molecule has 2 atom stereocenters. The normalized spacial score (nSPS) is 10.8. The predicted molar refractivity (Wildman–Crippen MR) is 592 cm³/mol. The summed E-state index contributed by atoms with van der Waals surface area (Å²) < 4.78 is 29.3. The minimum atomic E-state index is -2.24. The Labute approximate surface area is 909 Å². The summed E-state index contributed by atoms with van der Waals surface area (Å²) in [5.74, 6) is -1.00. The standard InChI is InChI=1S/C15H20N2O2.C10H9BrN2O2.C10H7BrN2O2.C10H11ClN2O2.C10H8N2O2.C8H5ClN2O.C5H4BrClN2.C5H5ClN2.C5H8O2.C4H11N.C4H7O.3C4H9.BHNS.BH.Sn.U/c1-15(2,3)8-6-12(18)14-10-4-5-13(19)17-11(10)7-9-16-14;2*11-5-8(14)10-6-1-2-9(15)13-7(6)3-4-12-10;1-2-15-9(14)4-3-7-8(12)5-6-13-10(7)11;1-6(13)10-7-2-3-9(14)12-8(7)4-5-11-10;9-8-5-1-2-7(12)11-6(5)3-4-10-8;6-4-3(8)1-2-9-5(4)7;6-5-3-4(7)1-2-8-5;1-3-5(6)7-4-2;1-4(2,3)5;1-3-5-4-2;3*1-3-4-2;1-2-3;;;/h4-5,7,9,12,18H,6,8H2,1-3H3,(H,17,19);1-4,8,14H,5H2,(H,13,15);1-4H,5H2,(H,13,15);3-6H,2H2,1H3,(H2,12,13);2-5H,1H3,(H,12,14);1-4H,(H,11,12);1-2H,(H2,8,9);1-3H,(H2,7,8);3H,1,4H2,2H3;5H2,1-3H3;1,4H2,2H3;3*1,3-4H2,2H3;3H;1H;;/b;;;4-3+;;;;;;;;;;;;;;/t12-;8-;;;;;;;;;;;;;;;;/m00................/s1/i;;;;;;;;;;;;;;;1D;;. The van der Waals surface area contributed by atoms with Gasteiger partial charge in [0.15, 0.2) is 11.6 Å². The molecule has 0 aliphatic carbocycles. The molecule has 0 aromatic carbocycles. The van der Waals surface area contributed by atoms with Crippen LogP contribution in [0.3, 0.4) is 0 Å². The number of nitrogens with zero attached hydrogens (tertiary/aromatic N) is 9. The maximum Gasteiger partial charge on any atom is 0 e. The van der Waals surface area contributed by atoms with Crippen LogP contribution in [0.5, 0.6) is 0 Å². The van der Waals surface area contributed by atoms with Crippen molar-refractivity contribution in [2.75, 3.05) is 47.7 Å². The third-order valence-electron chi connectivity index (χ3n) is 18.6. The fourth-order valence-electron chi connectivity index (χ4n) is 12.0. The first-order valence-electron chi connectivity index (χ1n) is 44.6. The average Bonchev–Trinajstić information content (AvgIpc) is 0.831. The van der Waals surface area contributed by atoms with Gasteiger partial charge in [-0.05, 0) is 161 Å². The van der Waals surface area contributed by atoms with E-state index in [1.807, 2.05) is 20.8 Å². The molecule has 0 saturated heterocycles. The second kappa shape index (κ2) is 71.9. The van der Waals surface area contributed by atoms with E-state index in [9.17, 15) is 53.4 Å². The number of carbonyl (C=O) groups excluding carboxylic acids is 4. The number of Topliss-reactive ketones (excluding diaryl/α,β-unsaturated/α-hetero) is 2. The van der Waals surface area contributed by atoms with Crippen molar-refractivity contribution in [2.24, 2.45) is 15.4 Å². The number of thiol groups is 1. The number of ketones is 2. The zero-order valence-corrected chi connectivity index (χ0v) is 97.3. The number of aliphatic hydroxyl groups is 2. The van der Waals surface area contributed by atoms with Gasteiger partial charge < -0.3 is 67.5 Å². The third kappa shape index (κ3) is 51.4. The molecule has 0 bridgehead atoms. The van der Waals surface area contributed by atoms with Crippen LogP contribution in [0.2, 0.25) is 33.9 Å². The minimum absolute atomic E-state index is 0. The van der Waals surface area contributed by atoms with Gasteiger partial charge in [0, 0.05) is 193 Å². The largest absolute Gasteiger partial charge is 0 e. The summed E-state index contributed by atoms with van der Waals surface area (Å²) in [6.45, 7) is 35.4. The number of fused-ring (bicyclic) bond motifs is 5. The molecule has 13 aromatic rings. The van der Waals surface area contributed by atoms with Crippen molar-refractivity contribution in [2.45, 2.75) is 172 Å². The molecule has 0 amide bonds. The molecule has 13 heterocycles. The van der Waals surface area contributed by atoms with E-state index in [1.165, 1.54) is 124 Å². The number of aromatic nitrogens is 13. The number of ether oxygens (including phenoxy) is 3. The zero-order chi connectivity index (χ0) is 107. The van der Waals surface area contributed by atoms with E-state index in [0.29, 0.717) is 129 Å². The molecule has 0 saturated carbocycles. The number of carbonyl (C=O) groups is 4. The summed E-state index contributed by atoms with van der Waals surface area (Å²) in [6.07, 6.45) is 24.7. The van der Waals surface area contributed by atoms with Gasteiger partial charge in [-0.1, -0.05) is 106 Å². The molecule has 3 radical (unpaired) electrons. The summed E-state index contributed by atoms with van der Waals surface area (Å²) in [6, 6.07) is 30.4. The first-order valence-corrected chi connectivity index (χ1v) is 56.4. The summed E-state index contributed by atoms with van der Waals surface area (Å²) in [7, 11) is 8.09. The van der Waals surface area contributed by atoms with Crippen LogP contribution in [0.15, 0.2) is 227 Å². The van der Waals surface area contributed by atoms with E-state index >= 15 is 0 Å². The van der Waals surface area contributed by atoms with Crippen molar-refractivity contribution in [3.63, 3.8) is 0 Å². The molecule has 0 aliphatic heterocycles. The molecule has 15 N–H and O–H groups in total. The van der Waals surface area contributed by atoms with E-state index in [-0.39, 0.29) is 97.9 Å². The number of nitrogens with one attached hydrogen (secondary N) is 5. The molecule has 13 aromatic heterocycles. The number of nitrogens with two attached hydrogens (primary N) is 4. The molecule has 13 rings (SSSR count). The molecule has 0 aliphatic rings. The Hall–Kier alpha value is -9.44. The van der Waals surface area contributed by atoms with Crippen LogP contribution in [-0.2, 0) is 23.8 Å². The van der Waals surface area contributed by atoms with Crippen LogP contribution in [0.1, 0.15) is 192 Å². The van der Waals surface area contributed by atoms with Crippen LogP contribution in [0.25, 0.3) is 60.6 Å². The number of alkyl halides is 2. The van der Waals surface area contributed by atoms with E-state index in [4.69, 9.17) is 80.1 Å². The second-order valence-electron chi connectivity index (χ2n) is 32.1. The number of hydrogen-bond donors (Lipinski definition) is 12. The molecule has 0 fully saturated rings. The Morgan fingerprint density at radius 3 is 1.27 bits per heavy atom. The van der Waals surface area contributed by atoms with Crippen LogP contribution >= 0.6 is 107 Å². The van der Waals surface area contributed by atoms with Gasteiger partial charge in [-0.2, -0.15) is 0 Å². The van der Waals surface area contributed by atoms with E-state index < -0.39 is 36.6 Å². The number of H-pyrrole nitrogens is 5. The van der Waals surface area contributed by atoms with E-state index in [1.54, 1.807) is 130 Å². The molecular formula is C98H124B2Br3Cl4N18O14SSnU. The predicted octanol–water partition coefficient (Wildman–Crippen LogP) is 20.6. The van der Waals surface area contributed by atoms with Crippen molar-refractivity contribution in [1.29, 1.82) is 1.34 Å². The number of aromatic amines is 5. The second-order valence-corrected chi connectivity index (χ2v) is 49.0. The maximum atomic E-state index is 11.5. The van der Waals surface area contributed by atoms with Crippen molar-refractivity contribution in [3.05, 3.63) is 299 Å². The number of halogens is 7. The molecule has 142 heavy (non-hydrogen) atoms. The Morgan fingerprint density at radius 1 is 0.542 bits per heavy atom. The first-order chi connectivity index (χ1) is 67.3. The van der Waals surface area contributed by atoms with Crippen molar-refractivity contribution < 1.29 is 74.7 Å². The van der Waals surface area contributed by atoms with Crippen molar-refractivity contribution in [3.8, 4) is 0 Å². The van der Waals surface area contributed by atoms with Gasteiger partial charge in [-0.15, -0.1) is 0 Å². The van der Waals surface area contributed by atoms with E-state index in [2.05, 4.69) is 212 Å². The van der Waals surface area contributed by atoms with Gasteiger partial charge in [-0.3, -0.25) is 53.5 Å². The SMILES string of the molecule is C=CC(=O)OCC.C=[C](OCC)[Sn]([CH2]CCC)([CH2]CCC)[CH2]CCC.CC(=O)c1nccc2[nH]c(=O)ccc12.CC(C)(C)CC[C@H](O)c1nccc2[nH]c(=O)ccc12.CC(C)(C)N.CCOC(=O)/C=C/c1c(N)ccnc1Cl.Nc1ccnc(Cl)c1.Nc1ccnc(Cl)c1Br.O=C(CBr)c1nccc2[nH]c(=O)ccc12.O=c1ccc2c(Cl)nccc2[nH]1.O=c1ccc2c([C@@H](O)CBr)nccc2[nH]1.[2H][B].[B]=NS.[U]. The fourth-order valence-corrected chi connectivity index (χ4v) is 28.2. The average molecular weight is 2570 g/mol. The Morgan fingerprint density at radius 2 is 0.901 bits per heavy atom. The Balaban J connectivity index is 0.00000156. The minimum Gasteiger partial charge on any atom is 0 e. The quantitative estimate of drug-likeness (QED) is 0.00369. The molecule has 759 valence electrons. The number of nitrogen functional groups attached to an aromatic ring is 3. The van der Waals surface area contributed by atoms with Crippen LogP contribution in [-0.4, -0.2) is 170 Å². The van der Waals surface area contributed by atoms with Crippen molar-refractivity contribution in [1.82, 2.24) is 64.8 Å².